The number of ether oxygens (including phenoxy) is 2. The van der Waals surface area contributed by atoms with Gasteiger partial charge in [0.1, 0.15) is 22.9 Å². The summed E-state index contributed by atoms with van der Waals surface area (Å²) >= 11 is 0. The molecule has 2 rings (SSSR count). The van der Waals surface area contributed by atoms with Crippen molar-refractivity contribution in [1.29, 1.82) is 0 Å². The Kier molecular flexibility index (Phi) is 4.83. The number of anilines is 1. The van der Waals surface area contributed by atoms with Crippen LogP contribution in [-0.2, 0) is 6.54 Å². The first-order valence-corrected chi connectivity index (χ1v) is 6.52. The minimum Gasteiger partial charge on any atom is -0.497 e. The summed E-state index contributed by atoms with van der Waals surface area (Å²) in [5.74, 6) is -0.754. The molecular formula is C16H16FNO4. The number of halogens is 1. The number of methoxy groups -OCH3 is 2. The number of carboxylic acid groups (broad SMARTS) is 1. The zero-order valence-electron chi connectivity index (χ0n) is 12.2. The Morgan fingerprint density at radius 1 is 1.18 bits per heavy atom. The number of rotatable bonds is 6. The Hall–Kier alpha value is -2.76. The van der Waals surface area contributed by atoms with Crippen molar-refractivity contribution in [2.75, 3.05) is 19.5 Å². The molecule has 2 N–H and O–H groups in total. The van der Waals surface area contributed by atoms with Crippen LogP contribution < -0.4 is 14.8 Å². The van der Waals surface area contributed by atoms with Gasteiger partial charge in [0.25, 0.3) is 0 Å². The lowest BCUT2D eigenvalue weighted by molar-refractivity contribution is 0.0694. The Morgan fingerprint density at radius 2 is 1.86 bits per heavy atom. The zero-order valence-corrected chi connectivity index (χ0v) is 12.2. The topological polar surface area (TPSA) is 67.8 Å². The molecule has 0 heterocycles. The first-order valence-electron chi connectivity index (χ1n) is 6.52. The van der Waals surface area contributed by atoms with E-state index in [1.165, 1.54) is 32.4 Å². The first kappa shape index (κ1) is 15.6. The maximum atomic E-state index is 12.9. The van der Waals surface area contributed by atoms with E-state index in [9.17, 15) is 14.3 Å². The van der Waals surface area contributed by atoms with Gasteiger partial charge in [-0.15, -0.1) is 0 Å². The fourth-order valence-corrected chi connectivity index (χ4v) is 2.03. The van der Waals surface area contributed by atoms with Crippen molar-refractivity contribution in [2.24, 2.45) is 0 Å². The third-order valence-electron chi connectivity index (χ3n) is 3.14. The van der Waals surface area contributed by atoms with E-state index in [4.69, 9.17) is 9.47 Å². The summed E-state index contributed by atoms with van der Waals surface area (Å²) in [7, 11) is 2.88. The van der Waals surface area contributed by atoms with E-state index in [0.29, 0.717) is 18.0 Å². The summed E-state index contributed by atoms with van der Waals surface area (Å²) in [5.41, 5.74) is 1.21. The zero-order chi connectivity index (χ0) is 16.1. The van der Waals surface area contributed by atoms with Gasteiger partial charge in [-0.2, -0.15) is 0 Å². The Morgan fingerprint density at radius 3 is 2.41 bits per heavy atom. The van der Waals surface area contributed by atoms with Crippen molar-refractivity contribution in [3.05, 3.63) is 53.3 Å². The fraction of sp³-hybridized carbons (Fsp3) is 0.188. The second-order valence-electron chi connectivity index (χ2n) is 4.54. The third-order valence-corrected chi connectivity index (χ3v) is 3.14. The molecule has 0 saturated carbocycles. The predicted octanol–water partition coefficient (Wildman–Crippen LogP) is 3.15. The van der Waals surface area contributed by atoms with Gasteiger partial charge in [0.2, 0.25) is 0 Å². The molecule has 0 fully saturated rings. The lowest BCUT2D eigenvalue weighted by atomic mass is 10.1. The molecular weight excluding hydrogens is 289 g/mol. The Labute approximate surface area is 127 Å². The molecule has 0 radical (unpaired) electrons. The first-order chi connectivity index (χ1) is 10.5. The number of carboxylic acids is 1. The van der Waals surface area contributed by atoms with Crippen LogP contribution in [0.1, 0.15) is 15.9 Å². The number of hydrogen-bond acceptors (Lipinski definition) is 4. The third kappa shape index (κ3) is 3.46. The van der Waals surface area contributed by atoms with Crippen molar-refractivity contribution in [2.45, 2.75) is 6.54 Å². The lowest BCUT2D eigenvalue weighted by Crippen LogP contribution is -2.09. The molecule has 0 atom stereocenters. The van der Waals surface area contributed by atoms with Crippen LogP contribution >= 0.6 is 0 Å². The van der Waals surface area contributed by atoms with Crippen LogP contribution in [0.2, 0.25) is 0 Å². The van der Waals surface area contributed by atoms with E-state index < -0.39 is 5.97 Å². The average molecular weight is 305 g/mol. The highest BCUT2D eigenvalue weighted by Gasteiger charge is 2.18. The molecule has 0 aliphatic heterocycles. The standard InChI is InChI=1S/C16H16FNO4/c1-21-12-7-13(15(16(19)20)14(8-12)22-2)18-9-10-3-5-11(17)6-4-10/h3-8,18H,9H2,1-2H3,(H,19,20). The summed E-state index contributed by atoms with van der Waals surface area (Å²) in [6.07, 6.45) is 0. The van der Waals surface area contributed by atoms with Crippen LogP contribution in [0.3, 0.4) is 0 Å². The van der Waals surface area contributed by atoms with Crippen LogP contribution in [0.15, 0.2) is 36.4 Å². The molecule has 0 saturated heterocycles. The van der Waals surface area contributed by atoms with Gasteiger partial charge in [-0.1, -0.05) is 12.1 Å². The van der Waals surface area contributed by atoms with Gasteiger partial charge < -0.3 is 19.9 Å². The number of benzene rings is 2. The minimum absolute atomic E-state index is 0.0189. The maximum absolute atomic E-state index is 12.9. The van der Waals surface area contributed by atoms with Crippen LogP contribution in [0.5, 0.6) is 11.5 Å². The normalized spacial score (nSPS) is 10.1. The molecule has 6 heteroatoms. The van der Waals surface area contributed by atoms with Gasteiger partial charge in [-0.05, 0) is 17.7 Å². The molecule has 22 heavy (non-hydrogen) atoms. The number of aromatic carboxylic acids is 1. The van der Waals surface area contributed by atoms with Gasteiger partial charge in [0.15, 0.2) is 0 Å². The van der Waals surface area contributed by atoms with Crippen LogP contribution in [0, 0.1) is 5.82 Å². The molecule has 5 nitrogen and oxygen atoms in total. The van der Waals surface area contributed by atoms with Gasteiger partial charge >= 0.3 is 5.97 Å². The van der Waals surface area contributed by atoms with Gasteiger partial charge in [0.05, 0.1) is 19.9 Å². The summed E-state index contributed by atoms with van der Waals surface area (Å²) in [6.45, 7) is 0.344. The van der Waals surface area contributed by atoms with Gasteiger partial charge in [0, 0.05) is 18.7 Å². The van der Waals surface area contributed by atoms with E-state index in [1.807, 2.05) is 0 Å². The van der Waals surface area contributed by atoms with Crippen LogP contribution in [0.4, 0.5) is 10.1 Å². The predicted molar refractivity (Wildman–Crippen MR) is 80.2 cm³/mol. The second kappa shape index (κ2) is 6.80. The van der Waals surface area contributed by atoms with E-state index in [0.717, 1.165) is 5.56 Å². The maximum Gasteiger partial charge on any atom is 0.341 e. The molecule has 116 valence electrons. The number of hydrogen-bond donors (Lipinski definition) is 2. The largest absolute Gasteiger partial charge is 0.497 e. The second-order valence-corrected chi connectivity index (χ2v) is 4.54. The molecule has 0 aliphatic carbocycles. The quantitative estimate of drug-likeness (QED) is 0.858. The number of carbonyl (C=O) groups is 1. The lowest BCUT2D eigenvalue weighted by Gasteiger charge is -2.15. The van der Waals surface area contributed by atoms with E-state index in [1.54, 1.807) is 18.2 Å². The van der Waals surface area contributed by atoms with Crippen molar-refractivity contribution in [3.8, 4) is 11.5 Å². The van der Waals surface area contributed by atoms with Crippen molar-refractivity contribution < 1.29 is 23.8 Å². The van der Waals surface area contributed by atoms with Crippen molar-refractivity contribution in [3.63, 3.8) is 0 Å². The molecule has 0 unspecified atom stereocenters. The van der Waals surface area contributed by atoms with Gasteiger partial charge in [-0.3, -0.25) is 0 Å². The summed E-state index contributed by atoms with van der Waals surface area (Å²) in [5, 5.41) is 12.4. The highest BCUT2D eigenvalue weighted by Crippen LogP contribution is 2.32. The SMILES string of the molecule is COc1cc(NCc2ccc(F)cc2)c(C(=O)O)c(OC)c1. The van der Waals surface area contributed by atoms with E-state index in [-0.39, 0.29) is 17.1 Å². The van der Waals surface area contributed by atoms with Crippen molar-refractivity contribution >= 4 is 11.7 Å². The summed E-state index contributed by atoms with van der Waals surface area (Å²) in [4.78, 5) is 11.4. The molecule has 2 aromatic rings. The smallest absolute Gasteiger partial charge is 0.341 e. The Bertz CT molecular complexity index is 671. The average Bonchev–Trinajstić information content (AvgIpc) is 2.53. The molecule has 0 spiro atoms. The molecule has 0 aromatic heterocycles. The van der Waals surface area contributed by atoms with Crippen LogP contribution in [0.25, 0.3) is 0 Å². The van der Waals surface area contributed by atoms with Gasteiger partial charge in [-0.25, -0.2) is 9.18 Å². The Balaban J connectivity index is 2.31. The van der Waals surface area contributed by atoms with E-state index >= 15 is 0 Å². The summed E-state index contributed by atoms with van der Waals surface area (Å²) in [6, 6.07) is 9.03. The molecule has 0 aliphatic rings. The molecule has 0 bridgehead atoms. The van der Waals surface area contributed by atoms with Crippen LogP contribution in [-0.4, -0.2) is 25.3 Å². The highest BCUT2D eigenvalue weighted by molar-refractivity contribution is 5.98. The van der Waals surface area contributed by atoms with E-state index in [2.05, 4.69) is 5.32 Å². The molecule has 2 aromatic carbocycles. The molecule has 0 amide bonds. The minimum atomic E-state index is -1.11. The highest BCUT2D eigenvalue weighted by atomic mass is 19.1. The monoisotopic (exact) mass is 305 g/mol. The van der Waals surface area contributed by atoms with Crippen molar-refractivity contribution in [1.82, 2.24) is 0 Å². The summed E-state index contributed by atoms with van der Waals surface area (Å²) < 4.78 is 23.1. The fourth-order valence-electron chi connectivity index (χ4n) is 2.03. The number of nitrogens with one attached hydrogen (secondary N) is 1.